The van der Waals surface area contributed by atoms with Gasteiger partial charge < -0.3 is 0 Å². The first kappa shape index (κ1) is 11.0. The molecule has 2 aliphatic rings. The van der Waals surface area contributed by atoms with Gasteiger partial charge in [0.15, 0.2) is 0 Å². The van der Waals surface area contributed by atoms with Crippen molar-refractivity contribution in [1.29, 1.82) is 0 Å². The van der Waals surface area contributed by atoms with E-state index < -0.39 is 0 Å². The van der Waals surface area contributed by atoms with E-state index in [4.69, 9.17) is 0 Å². The smallest absolute Gasteiger partial charge is 0.0137 e. The van der Waals surface area contributed by atoms with Crippen LogP contribution in [-0.2, 0) is 0 Å². The average Bonchev–Trinajstić information content (AvgIpc) is 2.17. The zero-order valence-corrected chi connectivity index (χ0v) is 10.6. The summed E-state index contributed by atoms with van der Waals surface area (Å²) in [7, 11) is 0. The maximum Gasteiger partial charge on any atom is -0.0137 e. The average molecular weight is 204 g/mol. The molecule has 0 bridgehead atoms. The molecule has 0 saturated carbocycles. The van der Waals surface area contributed by atoms with Crippen LogP contribution < -0.4 is 0 Å². The van der Waals surface area contributed by atoms with Crippen molar-refractivity contribution >= 4 is 0 Å². The predicted octanol–water partition coefficient (Wildman–Crippen LogP) is 4.58. The lowest BCUT2D eigenvalue weighted by Gasteiger charge is -2.42. The number of hydrogen-bond acceptors (Lipinski definition) is 0. The van der Waals surface area contributed by atoms with Crippen LogP contribution in [0.15, 0.2) is 23.3 Å². The van der Waals surface area contributed by atoms with Crippen molar-refractivity contribution in [2.75, 3.05) is 0 Å². The fourth-order valence-corrected chi connectivity index (χ4v) is 3.49. The van der Waals surface area contributed by atoms with Gasteiger partial charge in [-0.1, -0.05) is 37.1 Å². The van der Waals surface area contributed by atoms with Gasteiger partial charge in [0.05, 0.1) is 0 Å². The molecule has 2 aliphatic carbocycles. The minimum atomic E-state index is 0.841. The van der Waals surface area contributed by atoms with Crippen molar-refractivity contribution < 1.29 is 0 Å². The second kappa shape index (κ2) is 4.15. The lowest BCUT2D eigenvalue weighted by Crippen LogP contribution is -2.32. The van der Waals surface area contributed by atoms with E-state index in [0.29, 0.717) is 0 Å². The Morgan fingerprint density at radius 3 is 2.53 bits per heavy atom. The van der Waals surface area contributed by atoms with Gasteiger partial charge in [0.1, 0.15) is 0 Å². The van der Waals surface area contributed by atoms with E-state index in [1.54, 1.807) is 11.1 Å². The third-order valence-electron chi connectivity index (χ3n) is 4.50. The topological polar surface area (TPSA) is 0 Å². The van der Waals surface area contributed by atoms with Gasteiger partial charge in [-0.25, -0.2) is 0 Å². The molecule has 0 unspecified atom stereocenters. The Morgan fingerprint density at radius 1 is 1.13 bits per heavy atom. The monoisotopic (exact) mass is 204 g/mol. The lowest BCUT2D eigenvalue weighted by molar-refractivity contribution is 0.175. The summed E-state index contributed by atoms with van der Waals surface area (Å²) in [6, 6.07) is 0. The van der Waals surface area contributed by atoms with Gasteiger partial charge >= 0.3 is 0 Å². The highest BCUT2D eigenvalue weighted by molar-refractivity contribution is 5.19. The summed E-state index contributed by atoms with van der Waals surface area (Å²) in [4.78, 5) is 0. The maximum atomic E-state index is 2.50. The van der Waals surface area contributed by atoms with E-state index in [0.717, 1.165) is 23.7 Å². The van der Waals surface area contributed by atoms with Crippen LogP contribution in [0.1, 0.15) is 47.0 Å². The number of allylic oxidation sites excluding steroid dienone is 4. The first-order valence-corrected chi connectivity index (χ1v) is 6.42. The van der Waals surface area contributed by atoms with Crippen molar-refractivity contribution in [2.45, 2.75) is 47.0 Å². The molecule has 0 N–H and O–H groups in total. The quantitative estimate of drug-likeness (QED) is 0.548. The molecule has 0 heterocycles. The Hall–Kier alpha value is -0.520. The van der Waals surface area contributed by atoms with Crippen LogP contribution in [0.3, 0.4) is 0 Å². The SMILES string of the molecule is CC1=CC[C@H]2C(C)=CC[C@@H](C(C)C)[C@@H]2C1. The van der Waals surface area contributed by atoms with Crippen molar-refractivity contribution in [1.82, 2.24) is 0 Å². The molecule has 0 saturated heterocycles. The highest BCUT2D eigenvalue weighted by Gasteiger charge is 2.35. The summed E-state index contributed by atoms with van der Waals surface area (Å²) in [6.07, 6.45) is 8.92. The Bertz CT molecular complexity index is 293. The minimum Gasteiger partial charge on any atom is -0.0850 e. The van der Waals surface area contributed by atoms with E-state index in [2.05, 4.69) is 39.8 Å². The Labute approximate surface area is 94.5 Å². The Balaban J connectivity index is 2.24. The molecule has 84 valence electrons. The van der Waals surface area contributed by atoms with Crippen LogP contribution in [0.2, 0.25) is 0 Å². The summed E-state index contributed by atoms with van der Waals surface area (Å²) in [5.41, 5.74) is 3.28. The van der Waals surface area contributed by atoms with Crippen LogP contribution in [0, 0.1) is 23.7 Å². The van der Waals surface area contributed by atoms with E-state index in [-0.39, 0.29) is 0 Å². The van der Waals surface area contributed by atoms with Crippen LogP contribution in [0.4, 0.5) is 0 Å². The molecule has 3 atom stereocenters. The molecular weight excluding hydrogens is 180 g/mol. The number of fused-ring (bicyclic) bond motifs is 1. The Morgan fingerprint density at radius 2 is 1.87 bits per heavy atom. The van der Waals surface area contributed by atoms with Crippen LogP contribution in [0.5, 0.6) is 0 Å². The Kier molecular flexibility index (Phi) is 3.04. The summed E-state index contributed by atoms with van der Waals surface area (Å²) in [5.74, 6) is 3.55. The zero-order valence-electron chi connectivity index (χ0n) is 10.6. The van der Waals surface area contributed by atoms with Crippen LogP contribution >= 0.6 is 0 Å². The normalized spacial score (nSPS) is 35.9. The summed E-state index contributed by atoms with van der Waals surface area (Å²) in [6.45, 7) is 9.43. The van der Waals surface area contributed by atoms with Crippen molar-refractivity contribution in [3.8, 4) is 0 Å². The third kappa shape index (κ3) is 2.04. The highest BCUT2D eigenvalue weighted by Crippen LogP contribution is 2.45. The molecule has 0 radical (unpaired) electrons. The molecule has 0 aromatic carbocycles. The minimum absolute atomic E-state index is 0.841. The van der Waals surface area contributed by atoms with Crippen molar-refractivity contribution in [3.05, 3.63) is 23.3 Å². The molecule has 15 heavy (non-hydrogen) atoms. The van der Waals surface area contributed by atoms with E-state index >= 15 is 0 Å². The molecule has 0 spiro atoms. The molecule has 0 aromatic rings. The van der Waals surface area contributed by atoms with Crippen molar-refractivity contribution in [3.63, 3.8) is 0 Å². The van der Waals surface area contributed by atoms with E-state index in [9.17, 15) is 0 Å². The second-order valence-electron chi connectivity index (χ2n) is 5.85. The first-order valence-electron chi connectivity index (χ1n) is 6.42. The number of rotatable bonds is 1. The highest BCUT2D eigenvalue weighted by atomic mass is 14.4. The van der Waals surface area contributed by atoms with Gasteiger partial charge in [-0.3, -0.25) is 0 Å². The number of hydrogen-bond donors (Lipinski definition) is 0. The molecule has 0 aliphatic heterocycles. The van der Waals surface area contributed by atoms with Gasteiger partial charge in [0, 0.05) is 0 Å². The summed E-state index contributed by atoms with van der Waals surface area (Å²) in [5, 5.41) is 0. The molecule has 0 nitrogen and oxygen atoms in total. The van der Waals surface area contributed by atoms with Crippen molar-refractivity contribution in [2.24, 2.45) is 23.7 Å². The zero-order chi connectivity index (χ0) is 11.0. The van der Waals surface area contributed by atoms with Crippen LogP contribution in [0.25, 0.3) is 0 Å². The largest absolute Gasteiger partial charge is 0.0850 e. The van der Waals surface area contributed by atoms with Gasteiger partial charge in [-0.05, 0) is 56.8 Å². The summed E-state index contributed by atoms with van der Waals surface area (Å²) < 4.78 is 0. The first-order chi connectivity index (χ1) is 7.09. The summed E-state index contributed by atoms with van der Waals surface area (Å²) >= 11 is 0. The molecule has 0 heteroatoms. The fraction of sp³-hybridized carbons (Fsp3) is 0.733. The van der Waals surface area contributed by atoms with E-state index in [1.165, 1.54) is 19.3 Å². The predicted molar refractivity (Wildman–Crippen MR) is 66.7 cm³/mol. The van der Waals surface area contributed by atoms with E-state index in [1.807, 2.05) is 0 Å². The lowest BCUT2D eigenvalue weighted by atomic mass is 9.63. The standard InChI is InChI=1S/C15H24/c1-10(2)13-8-6-12(4)14-7-5-11(3)9-15(13)14/h5-6,10,13-15H,7-9H2,1-4H3/t13-,14-,15-/m0/s1. The maximum absolute atomic E-state index is 2.50. The van der Waals surface area contributed by atoms with Gasteiger partial charge in [-0.2, -0.15) is 0 Å². The fourth-order valence-electron chi connectivity index (χ4n) is 3.49. The molecular formula is C15H24. The van der Waals surface area contributed by atoms with Gasteiger partial charge in [0.25, 0.3) is 0 Å². The van der Waals surface area contributed by atoms with Crippen LogP contribution in [-0.4, -0.2) is 0 Å². The van der Waals surface area contributed by atoms with Gasteiger partial charge in [-0.15, -0.1) is 0 Å². The third-order valence-corrected chi connectivity index (χ3v) is 4.50. The van der Waals surface area contributed by atoms with Gasteiger partial charge in [0.2, 0.25) is 0 Å². The molecule has 0 fully saturated rings. The molecule has 0 amide bonds. The molecule has 0 aromatic heterocycles. The second-order valence-corrected chi connectivity index (χ2v) is 5.85. The molecule has 2 rings (SSSR count).